The van der Waals surface area contributed by atoms with Crippen LogP contribution in [0, 0.1) is 0 Å². The standard InChI is InChI=1S/C22H38O5.Mg.2H/c1-2-3-4-5-6-7-8-9-10-11-12-13-14-15-16-17-21(25)27-22(26)19-18-20(23)24;;;/h18-19H,2-17H2,1H3,(H,23,24);;;/q;+2;2*-1/b19-18+;;;. The Morgan fingerprint density at radius 2 is 1.11 bits per heavy atom. The molecule has 0 aliphatic carbocycles. The summed E-state index contributed by atoms with van der Waals surface area (Å²) in [6, 6.07) is 0. The topological polar surface area (TPSA) is 80.7 Å². The molecule has 0 fully saturated rings. The van der Waals surface area contributed by atoms with Crippen LogP contribution in [0.3, 0.4) is 0 Å². The van der Waals surface area contributed by atoms with E-state index in [1.807, 2.05) is 0 Å². The van der Waals surface area contributed by atoms with E-state index in [1.165, 1.54) is 77.0 Å². The number of carbonyl (C=O) groups excluding carboxylic acids is 2. The number of rotatable bonds is 18. The molecule has 0 heterocycles. The van der Waals surface area contributed by atoms with E-state index in [-0.39, 0.29) is 32.3 Å². The van der Waals surface area contributed by atoms with Crippen molar-refractivity contribution in [3.05, 3.63) is 12.2 Å². The first-order valence-electron chi connectivity index (χ1n) is 10.7. The van der Waals surface area contributed by atoms with Crippen LogP contribution in [0.5, 0.6) is 0 Å². The summed E-state index contributed by atoms with van der Waals surface area (Å²) in [5.74, 6) is -2.77. The van der Waals surface area contributed by atoms with Gasteiger partial charge < -0.3 is 12.7 Å². The Balaban J connectivity index is -0.00000113. The van der Waals surface area contributed by atoms with E-state index < -0.39 is 17.9 Å². The molecule has 0 aliphatic heterocycles. The van der Waals surface area contributed by atoms with Crippen molar-refractivity contribution in [2.75, 3.05) is 0 Å². The molecule has 0 amide bonds. The number of carboxylic acids is 1. The van der Waals surface area contributed by atoms with Gasteiger partial charge in [-0.05, 0) is 6.42 Å². The third kappa shape index (κ3) is 23.2. The summed E-state index contributed by atoms with van der Waals surface area (Å²) in [5.41, 5.74) is 0. The zero-order valence-electron chi connectivity index (χ0n) is 19.8. The van der Waals surface area contributed by atoms with Gasteiger partial charge in [0.15, 0.2) is 0 Å². The smallest absolute Gasteiger partial charge is 1.00 e. The Bertz CT molecular complexity index is 445. The second kappa shape index (κ2) is 22.4. The number of hydrogen-bond acceptors (Lipinski definition) is 4. The summed E-state index contributed by atoms with van der Waals surface area (Å²) >= 11 is 0. The molecule has 0 saturated carbocycles. The Kier molecular flexibility index (Phi) is 23.5. The van der Waals surface area contributed by atoms with Gasteiger partial charge in [0, 0.05) is 18.6 Å². The molecule has 0 aromatic carbocycles. The maximum absolute atomic E-state index is 11.4. The number of carbonyl (C=O) groups is 3. The first kappa shape index (κ1) is 29.3. The number of unbranched alkanes of at least 4 members (excludes halogenated alkanes) is 14. The molecular formula is C22H40MgO5. The molecule has 28 heavy (non-hydrogen) atoms. The molecule has 0 rings (SSSR count). The van der Waals surface area contributed by atoms with Gasteiger partial charge in [-0.25, -0.2) is 9.59 Å². The second-order valence-electron chi connectivity index (χ2n) is 7.16. The van der Waals surface area contributed by atoms with E-state index in [9.17, 15) is 14.4 Å². The molecule has 0 spiro atoms. The molecule has 0 aliphatic rings. The van der Waals surface area contributed by atoms with Crippen LogP contribution in [0.4, 0.5) is 0 Å². The van der Waals surface area contributed by atoms with E-state index in [0.29, 0.717) is 12.5 Å². The molecule has 6 heteroatoms. The number of hydrogen-bond donors (Lipinski definition) is 1. The maximum Gasteiger partial charge on any atom is 2.00 e. The Hall–Kier alpha value is -0.884. The molecule has 0 atom stereocenters. The first-order valence-corrected chi connectivity index (χ1v) is 10.7. The van der Waals surface area contributed by atoms with E-state index in [4.69, 9.17) is 5.11 Å². The van der Waals surface area contributed by atoms with Crippen molar-refractivity contribution in [3.8, 4) is 0 Å². The van der Waals surface area contributed by atoms with Crippen LogP contribution in [0.15, 0.2) is 12.2 Å². The van der Waals surface area contributed by atoms with Crippen molar-refractivity contribution in [1.29, 1.82) is 0 Å². The molecular weight excluding hydrogens is 369 g/mol. The fourth-order valence-electron chi connectivity index (χ4n) is 2.98. The maximum atomic E-state index is 11.4. The summed E-state index contributed by atoms with van der Waals surface area (Å²) in [6.45, 7) is 2.25. The van der Waals surface area contributed by atoms with E-state index in [2.05, 4.69) is 11.7 Å². The second-order valence-corrected chi connectivity index (χ2v) is 7.16. The predicted molar refractivity (Wildman–Crippen MR) is 115 cm³/mol. The van der Waals surface area contributed by atoms with Crippen LogP contribution < -0.4 is 0 Å². The average molecular weight is 409 g/mol. The third-order valence-corrected chi connectivity index (χ3v) is 4.56. The van der Waals surface area contributed by atoms with Crippen molar-refractivity contribution in [2.24, 2.45) is 0 Å². The summed E-state index contributed by atoms with van der Waals surface area (Å²) in [6.07, 6.45) is 20.4. The van der Waals surface area contributed by atoms with Crippen molar-refractivity contribution >= 4 is 41.0 Å². The van der Waals surface area contributed by atoms with Gasteiger partial charge in [-0.2, -0.15) is 0 Å². The minimum atomic E-state index is -1.25. The molecule has 160 valence electrons. The Morgan fingerprint density at radius 3 is 1.50 bits per heavy atom. The fourth-order valence-corrected chi connectivity index (χ4v) is 2.98. The van der Waals surface area contributed by atoms with E-state index >= 15 is 0 Å². The van der Waals surface area contributed by atoms with Crippen molar-refractivity contribution in [3.63, 3.8) is 0 Å². The largest absolute Gasteiger partial charge is 2.00 e. The van der Waals surface area contributed by atoms with Crippen LogP contribution in [0.25, 0.3) is 0 Å². The van der Waals surface area contributed by atoms with Gasteiger partial charge in [0.25, 0.3) is 0 Å². The zero-order chi connectivity index (χ0) is 20.2. The molecule has 0 unspecified atom stereocenters. The van der Waals surface area contributed by atoms with Gasteiger partial charge in [-0.1, -0.05) is 96.8 Å². The SMILES string of the molecule is CCCCCCCCCCCCCCCCCC(=O)OC(=O)/C=C/C(=O)O.[H-].[H-].[Mg+2]. The predicted octanol–water partition coefficient (Wildman–Crippen LogP) is 5.80. The van der Waals surface area contributed by atoms with Gasteiger partial charge >= 0.3 is 41.0 Å². The normalized spacial score (nSPS) is 10.6. The van der Waals surface area contributed by atoms with Crippen LogP contribution in [0.2, 0.25) is 0 Å². The summed E-state index contributed by atoms with van der Waals surface area (Å²) < 4.78 is 4.49. The minimum absolute atomic E-state index is 0. The number of ether oxygens (including phenoxy) is 1. The summed E-state index contributed by atoms with van der Waals surface area (Å²) in [7, 11) is 0. The quantitative estimate of drug-likeness (QED) is 0.102. The van der Waals surface area contributed by atoms with E-state index in [0.717, 1.165) is 18.9 Å². The fraction of sp³-hybridized carbons (Fsp3) is 0.773. The van der Waals surface area contributed by atoms with Crippen molar-refractivity contribution in [2.45, 2.75) is 110 Å². The monoisotopic (exact) mass is 408 g/mol. The average Bonchev–Trinajstić information content (AvgIpc) is 2.63. The molecule has 0 saturated heterocycles. The number of carboxylic acid groups (broad SMARTS) is 1. The minimum Gasteiger partial charge on any atom is -1.00 e. The Morgan fingerprint density at radius 1 is 0.714 bits per heavy atom. The third-order valence-electron chi connectivity index (χ3n) is 4.56. The number of aliphatic carboxylic acids is 1. The molecule has 1 N–H and O–H groups in total. The van der Waals surface area contributed by atoms with Crippen LogP contribution in [-0.2, 0) is 19.1 Å². The first-order chi connectivity index (χ1) is 13.1. The van der Waals surface area contributed by atoms with Gasteiger partial charge in [0.1, 0.15) is 0 Å². The van der Waals surface area contributed by atoms with Gasteiger partial charge in [-0.3, -0.25) is 4.79 Å². The van der Waals surface area contributed by atoms with Gasteiger partial charge in [0.2, 0.25) is 0 Å². The summed E-state index contributed by atoms with van der Waals surface area (Å²) in [5, 5.41) is 8.37. The van der Waals surface area contributed by atoms with Crippen molar-refractivity contribution < 1.29 is 27.1 Å². The molecule has 0 radical (unpaired) electrons. The van der Waals surface area contributed by atoms with Gasteiger partial charge in [0.05, 0.1) is 0 Å². The molecule has 0 aromatic rings. The summed E-state index contributed by atoms with van der Waals surface area (Å²) in [4.78, 5) is 32.8. The van der Waals surface area contributed by atoms with Crippen molar-refractivity contribution in [1.82, 2.24) is 0 Å². The molecule has 0 aromatic heterocycles. The Labute approximate surface area is 189 Å². The van der Waals surface area contributed by atoms with E-state index in [1.54, 1.807) is 0 Å². The van der Waals surface area contributed by atoms with Crippen LogP contribution in [0.1, 0.15) is 113 Å². The number of esters is 2. The van der Waals surface area contributed by atoms with Crippen LogP contribution >= 0.6 is 0 Å². The molecule has 5 nitrogen and oxygen atoms in total. The molecule has 0 bridgehead atoms. The van der Waals surface area contributed by atoms with Crippen LogP contribution in [-0.4, -0.2) is 46.1 Å². The van der Waals surface area contributed by atoms with Gasteiger partial charge in [-0.15, -0.1) is 0 Å². The zero-order valence-corrected chi connectivity index (χ0v) is 19.2.